The molecule has 0 saturated carbocycles. The molecule has 4 rings (SSSR count). The largest absolute Gasteiger partial charge is 0.274 e. The predicted octanol–water partition coefficient (Wildman–Crippen LogP) is 4.69. The molecule has 1 aliphatic heterocycles. The maximum atomic E-state index is 14.6. The minimum atomic E-state index is -1.09. The number of aliphatic imine (C=N–C) groups is 1. The first-order chi connectivity index (χ1) is 10.5. The zero-order valence-electron chi connectivity index (χ0n) is 12.0. The minimum Gasteiger partial charge on any atom is -0.274 e. The van der Waals surface area contributed by atoms with E-state index in [-0.39, 0.29) is 0 Å². The van der Waals surface area contributed by atoms with Gasteiger partial charge >= 0.3 is 0 Å². The second-order valence-electron chi connectivity index (χ2n) is 5.92. The van der Waals surface area contributed by atoms with Crippen LogP contribution in [0.1, 0.15) is 36.0 Å². The number of nitrogens with zero attached hydrogens (tertiary/aromatic N) is 3. The molecule has 0 amide bonds. The van der Waals surface area contributed by atoms with Crippen LogP contribution in [0.3, 0.4) is 0 Å². The highest BCUT2D eigenvalue weighted by Gasteiger charge is 2.38. The van der Waals surface area contributed by atoms with E-state index in [9.17, 15) is 4.39 Å². The van der Waals surface area contributed by atoms with Gasteiger partial charge in [-0.2, -0.15) is 5.10 Å². The fourth-order valence-electron chi connectivity index (χ4n) is 2.78. The number of hydrogen-bond donors (Lipinski definition) is 0. The quantitative estimate of drug-likeness (QED) is 0.635. The lowest BCUT2D eigenvalue weighted by molar-refractivity contribution is 0.222. The molecule has 112 valence electrons. The fourth-order valence-corrected chi connectivity index (χ4v) is 3.92. The average molecular weight is 334 g/mol. The molecular formula is C16H13ClFN3S. The van der Waals surface area contributed by atoms with E-state index in [1.807, 2.05) is 37.4 Å². The van der Waals surface area contributed by atoms with Crippen LogP contribution in [0.25, 0.3) is 5.52 Å². The Kier molecular flexibility index (Phi) is 2.93. The van der Waals surface area contributed by atoms with Crippen LogP contribution in [0.4, 0.5) is 4.39 Å². The average Bonchev–Trinajstić information content (AvgIpc) is 3.10. The van der Waals surface area contributed by atoms with E-state index >= 15 is 0 Å². The third kappa shape index (κ3) is 1.92. The standard InChI is InChI=1S/C16H13ClFN3S/c1-16(2)15(18)11-5-6-22-14(11)13(20-16)9-7-10-3-4-12(17)21(10)19-8-9/h3-8,15H,1-2H3. The second kappa shape index (κ2) is 4.64. The van der Waals surface area contributed by atoms with Gasteiger partial charge in [-0.3, -0.25) is 4.99 Å². The lowest BCUT2D eigenvalue weighted by Crippen LogP contribution is -2.31. The summed E-state index contributed by atoms with van der Waals surface area (Å²) < 4.78 is 16.3. The van der Waals surface area contributed by atoms with Gasteiger partial charge in [-0.15, -0.1) is 11.3 Å². The molecule has 22 heavy (non-hydrogen) atoms. The summed E-state index contributed by atoms with van der Waals surface area (Å²) in [4.78, 5) is 5.55. The van der Waals surface area contributed by atoms with Crippen molar-refractivity contribution >= 4 is 34.2 Å². The third-order valence-corrected chi connectivity index (χ3v) is 5.15. The van der Waals surface area contributed by atoms with Gasteiger partial charge in [0.1, 0.15) is 5.15 Å². The van der Waals surface area contributed by atoms with Gasteiger partial charge in [0.2, 0.25) is 0 Å². The Morgan fingerprint density at radius 2 is 2.14 bits per heavy atom. The molecule has 0 fully saturated rings. The van der Waals surface area contributed by atoms with Crippen LogP contribution in [-0.4, -0.2) is 20.9 Å². The Hall–Kier alpha value is -1.72. The van der Waals surface area contributed by atoms with Crippen molar-refractivity contribution in [1.82, 2.24) is 9.61 Å². The fraction of sp³-hybridized carbons (Fsp3) is 0.250. The van der Waals surface area contributed by atoms with Crippen molar-refractivity contribution in [3.05, 3.63) is 57.0 Å². The lowest BCUT2D eigenvalue weighted by Gasteiger charge is -2.30. The van der Waals surface area contributed by atoms with Crippen molar-refractivity contribution in [2.45, 2.75) is 25.6 Å². The van der Waals surface area contributed by atoms with Crippen LogP contribution in [0.5, 0.6) is 0 Å². The van der Waals surface area contributed by atoms with Gasteiger partial charge in [0.25, 0.3) is 0 Å². The number of rotatable bonds is 1. The van der Waals surface area contributed by atoms with Crippen LogP contribution < -0.4 is 0 Å². The van der Waals surface area contributed by atoms with Crippen molar-refractivity contribution < 1.29 is 4.39 Å². The van der Waals surface area contributed by atoms with Crippen molar-refractivity contribution in [2.75, 3.05) is 0 Å². The summed E-state index contributed by atoms with van der Waals surface area (Å²) in [5.41, 5.74) is 2.51. The monoisotopic (exact) mass is 333 g/mol. The minimum absolute atomic E-state index is 0.563. The van der Waals surface area contributed by atoms with Crippen molar-refractivity contribution in [3.63, 3.8) is 0 Å². The zero-order chi connectivity index (χ0) is 15.5. The summed E-state index contributed by atoms with van der Waals surface area (Å²) in [5, 5.41) is 6.83. The van der Waals surface area contributed by atoms with E-state index < -0.39 is 11.7 Å². The molecule has 1 aliphatic rings. The number of hydrogen-bond acceptors (Lipinski definition) is 3. The first kappa shape index (κ1) is 13.9. The molecule has 0 saturated heterocycles. The molecule has 3 aromatic heterocycles. The number of alkyl halides is 1. The zero-order valence-corrected chi connectivity index (χ0v) is 13.6. The summed E-state index contributed by atoms with van der Waals surface area (Å²) >= 11 is 7.57. The third-order valence-electron chi connectivity index (χ3n) is 3.93. The van der Waals surface area contributed by atoms with Gasteiger partial charge in [-0.1, -0.05) is 11.6 Å². The van der Waals surface area contributed by atoms with Crippen molar-refractivity contribution in [2.24, 2.45) is 4.99 Å². The Morgan fingerprint density at radius 1 is 1.32 bits per heavy atom. The molecule has 0 N–H and O–H groups in total. The molecule has 0 spiro atoms. The summed E-state index contributed by atoms with van der Waals surface area (Å²) in [7, 11) is 0. The predicted molar refractivity (Wildman–Crippen MR) is 88.1 cm³/mol. The van der Waals surface area contributed by atoms with Crippen molar-refractivity contribution in [1.29, 1.82) is 0 Å². The molecule has 6 heteroatoms. The number of thiophene rings is 1. The molecule has 0 bridgehead atoms. The molecule has 3 aromatic rings. The van der Waals surface area contributed by atoms with Crippen LogP contribution >= 0.6 is 22.9 Å². The van der Waals surface area contributed by atoms with Crippen LogP contribution in [0.2, 0.25) is 5.15 Å². The Morgan fingerprint density at radius 3 is 2.95 bits per heavy atom. The highest BCUT2D eigenvalue weighted by molar-refractivity contribution is 7.12. The molecule has 1 unspecified atom stereocenters. The topological polar surface area (TPSA) is 29.7 Å². The Bertz CT molecular complexity index is 909. The summed E-state index contributed by atoms with van der Waals surface area (Å²) in [5.74, 6) is 0. The second-order valence-corrected chi connectivity index (χ2v) is 7.22. The van der Waals surface area contributed by atoms with E-state index in [1.165, 1.54) is 11.3 Å². The van der Waals surface area contributed by atoms with E-state index in [0.29, 0.717) is 10.7 Å². The molecule has 0 aliphatic carbocycles. The Labute approximate surface area is 136 Å². The normalized spacial score (nSPS) is 20.0. The smallest absolute Gasteiger partial charge is 0.151 e. The first-order valence-electron chi connectivity index (χ1n) is 6.93. The van der Waals surface area contributed by atoms with E-state index in [4.69, 9.17) is 11.6 Å². The van der Waals surface area contributed by atoms with E-state index in [1.54, 1.807) is 16.8 Å². The van der Waals surface area contributed by atoms with E-state index in [0.717, 1.165) is 21.7 Å². The molecule has 1 atom stereocenters. The molecule has 0 aromatic carbocycles. The molecule has 0 radical (unpaired) electrons. The van der Waals surface area contributed by atoms with Gasteiger partial charge in [-0.25, -0.2) is 8.91 Å². The van der Waals surface area contributed by atoms with Gasteiger partial charge < -0.3 is 0 Å². The highest BCUT2D eigenvalue weighted by Crippen LogP contribution is 2.42. The summed E-state index contributed by atoms with van der Waals surface area (Å²) in [6.07, 6.45) is 0.646. The van der Waals surface area contributed by atoms with Gasteiger partial charge in [0.05, 0.1) is 27.8 Å². The molecule has 4 heterocycles. The molecular weight excluding hydrogens is 321 g/mol. The van der Waals surface area contributed by atoms with Crippen LogP contribution in [-0.2, 0) is 0 Å². The van der Waals surface area contributed by atoms with Crippen LogP contribution in [0, 0.1) is 0 Å². The van der Waals surface area contributed by atoms with Gasteiger partial charge in [0.15, 0.2) is 6.17 Å². The maximum absolute atomic E-state index is 14.6. The molecule has 3 nitrogen and oxygen atoms in total. The van der Waals surface area contributed by atoms with Gasteiger partial charge in [-0.05, 0) is 43.5 Å². The number of fused-ring (bicyclic) bond motifs is 2. The lowest BCUT2D eigenvalue weighted by atomic mass is 9.88. The maximum Gasteiger partial charge on any atom is 0.151 e. The van der Waals surface area contributed by atoms with Gasteiger partial charge in [0, 0.05) is 11.1 Å². The number of aromatic nitrogens is 2. The van der Waals surface area contributed by atoms with Crippen molar-refractivity contribution in [3.8, 4) is 0 Å². The first-order valence-corrected chi connectivity index (χ1v) is 8.18. The van der Waals surface area contributed by atoms with E-state index in [2.05, 4.69) is 10.1 Å². The highest BCUT2D eigenvalue weighted by atomic mass is 35.5. The summed E-state index contributed by atoms with van der Waals surface area (Å²) in [6, 6.07) is 7.53. The summed E-state index contributed by atoms with van der Waals surface area (Å²) in [6.45, 7) is 3.64. The number of halogens is 2. The SMILES string of the molecule is CC1(C)N=C(c2cnn3c(Cl)ccc3c2)c2sccc2C1F. The van der Waals surface area contributed by atoms with Crippen LogP contribution in [0.15, 0.2) is 40.8 Å². The Balaban J connectivity index is 1.93.